The quantitative estimate of drug-likeness (QED) is 0.734. The minimum absolute atomic E-state index is 0.424. The summed E-state index contributed by atoms with van der Waals surface area (Å²) in [5.41, 5.74) is 7.67. The summed E-state index contributed by atoms with van der Waals surface area (Å²) in [6.45, 7) is 0. The van der Waals surface area contributed by atoms with Crippen LogP contribution in [0.15, 0.2) is 30.3 Å². The third-order valence-corrected chi connectivity index (χ3v) is 3.56. The summed E-state index contributed by atoms with van der Waals surface area (Å²) in [6, 6.07) is 11.2. The van der Waals surface area contributed by atoms with Crippen molar-refractivity contribution in [2.45, 2.75) is 44.6 Å². The Hall–Kier alpha value is -0.820. The number of rotatable bonds is 2. The molecule has 1 heteroatoms. The fourth-order valence-electron chi connectivity index (χ4n) is 2.58. The summed E-state index contributed by atoms with van der Waals surface area (Å²) >= 11 is 0. The lowest BCUT2D eigenvalue weighted by Crippen LogP contribution is -2.30. The molecule has 1 aromatic carbocycles. The largest absolute Gasteiger partial charge is 0.327 e. The molecule has 0 bridgehead atoms. The molecule has 2 N–H and O–H groups in total. The van der Waals surface area contributed by atoms with E-state index in [2.05, 4.69) is 30.3 Å². The molecule has 0 aromatic heterocycles. The normalized spacial score (nSPS) is 27.3. The molecule has 1 aliphatic carbocycles. The second-order valence-corrected chi connectivity index (χ2v) is 4.75. The van der Waals surface area contributed by atoms with Crippen LogP contribution in [0.3, 0.4) is 0 Å². The Morgan fingerprint density at radius 2 is 1.73 bits per heavy atom. The lowest BCUT2D eigenvalue weighted by Gasteiger charge is -2.21. The lowest BCUT2D eigenvalue weighted by atomic mass is 9.89. The highest BCUT2D eigenvalue weighted by atomic mass is 14.6. The van der Waals surface area contributed by atoms with Crippen LogP contribution in [0, 0.1) is 5.92 Å². The van der Waals surface area contributed by atoms with Crippen molar-refractivity contribution in [1.82, 2.24) is 0 Å². The summed E-state index contributed by atoms with van der Waals surface area (Å²) in [5.74, 6) is 0.704. The summed E-state index contributed by atoms with van der Waals surface area (Å²) in [4.78, 5) is 0. The Balaban J connectivity index is 1.97. The fraction of sp³-hybridized carbons (Fsp3) is 0.571. The summed E-state index contributed by atoms with van der Waals surface area (Å²) in [5, 5.41) is 0. The van der Waals surface area contributed by atoms with Crippen molar-refractivity contribution >= 4 is 0 Å². The molecule has 2 rings (SSSR count). The van der Waals surface area contributed by atoms with Crippen molar-refractivity contribution in [2.75, 3.05) is 0 Å². The van der Waals surface area contributed by atoms with Gasteiger partial charge in [-0.05, 0) is 30.7 Å². The van der Waals surface area contributed by atoms with Crippen LogP contribution in [0.4, 0.5) is 0 Å². The first kappa shape index (κ1) is 10.7. The zero-order chi connectivity index (χ0) is 10.5. The molecular weight excluding hydrogens is 182 g/mol. The van der Waals surface area contributed by atoms with Gasteiger partial charge in [0.15, 0.2) is 0 Å². The van der Waals surface area contributed by atoms with E-state index < -0.39 is 0 Å². The summed E-state index contributed by atoms with van der Waals surface area (Å²) in [6.07, 6.45) is 7.77. The van der Waals surface area contributed by atoms with Crippen molar-refractivity contribution in [3.05, 3.63) is 35.9 Å². The molecule has 82 valence electrons. The van der Waals surface area contributed by atoms with Crippen molar-refractivity contribution in [1.29, 1.82) is 0 Å². The average Bonchev–Trinajstić information content (AvgIpc) is 2.46. The van der Waals surface area contributed by atoms with Crippen LogP contribution in [0.1, 0.15) is 37.7 Å². The van der Waals surface area contributed by atoms with Gasteiger partial charge in [-0.25, -0.2) is 0 Å². The first-order chi connectivity index (χ1) is 7.36. The van der Waals surface area contributed by atoms with Crippen molar-refractivity contribution in [2.24, 2.45) is 11.7 Å². The Morgan fingerprint density at radius 1 is 1.00 bits per heavy atom. The van der Waals surface area contributed by atoms with E-state index in [1.807, 2.05) is 0 Å². The zero-order valence-electron chi connectivity index (χ0n) is 9.36. The fourth-order valence-corrected chi connectivity index (χ4v) is 2.58. The first-order valence-electron chi connectivity index (χ1n) is 6.16. The molecule has 1 fully saturated rings. The predicted molar refractivity (Wildman–Crippen MR) is 64.7 cm³/mol. The van der Waals surface area contributed by atoms with Gasteiger partial charge in [-0.3, -0.25) is 0 Å². The van der Waals surface area contributed by atoms with Crippen LogP contribution in [-0.4, -0.2) is 6.04 Å². The molecule has 15 heavy (non-hydrogen) atoms. The maximum absolute atomic E-state index is 6.23. The van der Waals surface area contributed by atoms with Crippen LogP contribution in [0.5, 0.6) is 0 Å². The molecular formula is C14H21N. The molecule has 0 radical (unpaired) electrons. The minimum Gasteiger partial charge on any atom is -0.327 e. The van der Waals surface area contributed by atoms with E-state index in [0.29, 0.717) is 12.0 Å². The van der Waals surface area contributed by atoms with Crippen LogP contribution < -0.4 is 5.73 Å². The van der Waals surface area contributed by atoms with Crippen LogP contribution in [0.25, 0.3) is 0 Å². The van der Waals surface area contributed by atoms with E-state index in [4.69, 9.17) is 5.73 Å². The van der Waals surface area contributed by atoms with Crippen molar-refractivity contribution < 1.29 is 0 Å². The van der Waals surface area contributed by atoms with Gasteiger partial charge in [0.05, 0.1) is 0 Å². The smallest absolute Gasteiger partial charge is 0.00703 e. The summed E-state index contributed by atoms with van der Waals surface area (Å²) in [7, 11) is 0. The Kier molecular flexibility index (Phi) is 3.79. The molecule has 2 atom stereocenters. The second-order valence-electron chi connectivity index (χ2n) is 4.75. The molecule has 0 spiro atoms. The van der Waals surface area contributed by atoms with Gasteiger partial charge in [0.25, 0.3) is 0 Å². The van der Waals surface area contributed by atoms with E-state index in [-0.39, 0.29) is 0 Å². The Morgan fingerprint density at radius 3 is 2.53 bits per heavy atom. The van der Waals surface area contributed by atoms with Gasteiger partial charge >= 0.3 is 0 Å². The molecule has 0 unspecified atom stereocenters. The molecule has 1 aliphatic rings. The Labute approximate surface area is 92.7 Å². The number of hydrogen-bond acceptors (Lipinski definition) is 1. The first-order valence-corrected chi connectivity index (χ1v) is 6.16. The van der Waals surface area contributed by atoms with Gasteiger partial charge in [-0.15, -0.1) is 0 Å². The van der Waals surface area contributed by atoms with Gasteiger partial charge in [-0.1, -0.05) is 49.6 Å². The molecule has 1 aromatic rings. The van der Waals surface area contributed by atoms with Crippen LogP contribution >= 0.6 is 0 Å². The maximum atomic E-state index is 6.23. The van der Waals surface area contributed by atoms with Crippen molar-refractivity contribution in [3.63, 3.8) is 0 Å². The highest BCUT2D eigenvalue weighted by Gasteiger charge is 2.20. The Bertz CT molecular complexity index is 281. The molecule has 0 heterocycles. The van der Waals surface area contributed by atoms with Gasteiger partial charge in [0, 0.05) is 6.04 Å². The molecule has 1 nitrogen and oxygen atoms in total. The van der Waals surface area contributed by atoms with E-state index in [0.717, 1.165) is 0 Å². The standard InChI is InChI=1S/C14H21N/c15-14-10-6-2-5-9-13(14)11-12-7-3-1-4-8-12/h1,3-4,7-8,13-14H,2,5-6,9-11,15H2/t13-,14-/m1/s1. The average molecular weight is 203 g/mol. The molecule has 0 saturated heterocycles. The molecule has 0 aliphatic heterocycles. The topological polar surface area (TPSA) is 26.0 Å². The zero-order valence-corrected chi connectivity index (χ0v) is 9.36. The van der Waals surface area contributed by atoms with Crippen molar-refractivity contribution in [3.8, 4) is 0 Å². The van der Waals surface area contributed by atoms with E-state index >= 15 is 0 Å². The van der Waals surface area contributed by atoms with Crippen LogP contribution in [-0.2, 0) is 6.42 Å². The highest BCUT2D eigenvalue weighted by Crippen LogP contribution is 2.25. The SMILES string of the molecule is N[C@@H]1CCCCC[C@@H]1Cc1ccccc1. The van der Waals surface area contributed by atoms with Gasteiger partial charge < -0.3 is 5.73 Å². The third-order valence-electron chi connectivity index (χ3n) is 3.56. The van der Waals surface area contributed by atoms with Gasteiger partial charge in [0.1, 0.15) is 0 Å². The van der Waals surface area contributed by atoms with E-state index in [9.17, 15) is 0 Å². The van der Waals surface area contributed by atoms with Crippen LogP contribution in [0.2, 0.25) is 0 Å². The molecule has 0 amide bonds. The predicted octanol–water partition coefficient (Wildman–Crippen LogP) is 3.14. The maximum Gasteiger partial charge on any atom is 0.00703 e. The minimum atomic E-state index is 0.424. The highest BCUT2D eigenvalue weighted by molar-refractivity contribution is 5.15. The third kappa shape index (κ3) is 3.07. The second kappa shape index (κ2) is 5.32. The van der Waals surface area contributed by atoms with E-state index in [1.165, 1.54) is 44.1 Å². The number of benzene rings is 1. The lowest BCUT2D eigenvalue weighted by molar-refractivity contribution is 0.395. The number of hydrogen-bond donors (Lipinski definition) is 1. The monoisotopic (exact) mass is 203 g/mol. The summed E-state index contributed by atoms with van der Waals surface area (Å²) < 4.78 is 0. The van der Waals surface area contributed by atoms with Gasteiger partial charge in [-0.2, -0.15) is 0 Å². The van der Waals surface area contributed by atoms with E-state index in [1.54, 1.807) is 0 Å². The molecule has 1 saturated carbocycles. The number of nitrogens with two attached hydrogens (primary N) is 1. The van der Waals surface area contributed by atoms with Gasteiger partial charge in [0.2, 0.25) is 0 Å².